The smallest absolute Gasteiger partial charge is 0.335 e. The number of benzene rings is 1. The van der Waals surface area contributed by atoms with Crippen molar-refractivity contribution in [3.05, 3.63) is 34.5 Å². The van der Waals surface area contributed by atoms with Gasteiger partial charge in [-0.25, -0.2) is 4.79 Å². The number of aromatic amines is 1. The highest BCUT2D eigenvalue weighted by molar-refractivity contribution is 5.96. The quantitative estimate of drug-likeness (QED) is 0.789. The molecule has 2 aromatic rings. The number of hydrogen-bond acceptors (Lipinski definition) is 1. The summed E-state index contributed by atoms with van der Waals surface area (Å²) in [7, 11) is 0. The summed E-state index contributed by atoms with van der Waals surface area (Å²) in [5.74, 6) is -0.847. The molecule has 0 atom stereocenters. The number of aromatic nitrogens is 1. The molecule has 3 nitrogen and oxygen atoms in total. The average Bonchev–Trinajstić information content (AvgIpc) is 2.68. The second-order valence-corrected chi connectivity index (χ2v) is 4.81. The first-order valence-electron chi connectivity index (χ1n) is 6.04. The Hall–Kier alpha value is -1.77. The molecule has 88 valence electrons. The van der Waals surface area contributed by atoms with Gasteiger partial charge >= 0.3 is 5.97 Å². The molecule has 0 spiro atoms. The lowest BCUT2D eigenvalue weighted by Gasteiger charge is -2.10. The molecule has 3 rings (SSSR count). The van der Waals surface area contributed by atoms with Gasteiger partial charge in [-0.15, -0.1) is 0 Å². The van der Waals surface area contributed by atoms with Gasteiger partial charge in [-0.1, -0.05) is 0 Å². The second-order valence-electron chi connectivity index (χ2n) is 4.81. The van der Waals surface area contributed by atoms with E-state index in [4.69, 9.17) is 5.11 Å². The summed E-state index contributed by atoms with van der Waals surface area (Å²) in [5, 5.41) is 10.2. The fourth-order valence-corrected chi connectivity index (χ4v) is 2.81. The van der Waals surface area contributed by atoms with Crippen molar-refractivity contribution in [2.75, 3.05) is 0 Å². The van der Waals surface area contributed by atoms with Gasteiger partial charge in [-0.3, -0.25) is 0 Å². The zero-order valence-electron chi connectivity index (χ0n) is 9.84. The summed E-state index contributed by atoms with van der Waals surface area (Å²) in [4.78, 5) is 14.5. The Kier molecular flexibility index (Phi) is 2.21. The van der Waals surface area contributed by atoms with Gasteiger partial charge in [0.1, 0.15) is 0 Å². The van der Waals surface area contributed by atoms with Crippen LogP contribution in [0.4, 0.5) is 0 Å². The molecule has 0 radical (unpaired) electrons. The van der Waals surface area contributed by atoms with Crippen molar-refractivity contribution in [1.29, 1.82) is 0 Å². The molecule has 0 aliphatic heterocycles. The van der Waals surface area contributed by atoms with Crippen molar-refractivity contribution in [2.24, 2.45) is 0 Å². The fraction of sp³-hybridized carbons (Fsp3) is 0.357. The third kappa shape index (κ3) is 1.54. The first-order chi connectivity index (χ1) is 8.16. The molecule has 0 unspecified atom stereocenters. The number of nitrogens with one attached hydrogen (secondary N) is 1. The summed E-state index contributed by atoms with van der Waals surface area (Å²) in [6.07, 6.45) is 4.59. The van der Waals surface area contributed by atoms with Crippen molar-refractivity contribution >= 4 is 16.9 Å². The van der Waals surface area contributed by atoms with Gasteiger partial charge in [-0.2, -0.15) is 0 Å². The summed E-state index contributed by atoms with van der Waals surface area (Å²) < 4.78 is 0. The molecule has 17 heavy (non-hydrogen) atoms. The molecule has 0 saturated heterocycles. The van der Waals surface area contributed by atoms with Crippen LogP contribution >= 0.6 is 0 Å². The predicted molar refractivity (Wildman–Crippen MR) is 66.6 cm³/mol. The molecular formula is C14H15NO2. The highest BCUT2D eigenvalue weighted by Gasteiger charge is 2.17. The molecule has 0 saturated carbocycles. The fourth-order valence-electron chi connectivity index (χ4n) is 2.81. The lowest BCUT2D eigenvalue weighted by molar-refractivity contribution is 0.0697. The van der Waals surface area contributed by atoms with E-state index in [1.165, 1.54) is 24.1 Å². The van der Waals surface area contributed by atoms with Crippen LogP contribution in [0.15, 0.2) is 12.1 Å². The number of carboxylic acids is 1. The average molecular weight is 229 g/mol. The van der Waals surface area contributed by atoms with E-state index >= 15 is 0 Å². The number of aryl methyl sites for hydroxylation is 3. The van der Waals surface area contributed by atoms with E-state index in [9.17, 15) is 4.79 Å². The Morgan fingerprint density at radius 3 is 2.82 bits per heavy atom. The molecule has 3 heteroatoms. The van der Waals surface area contributed by atoms with Crippen LogP contribution in [0.5, 0.6) is 0 Å². The van der Waals surface area contributed by atoms with Gasteiger partial charge in [-0.05, 0) is 55.9 Å². The van der Waals surface area contributed by atoms with Crippen LogP contribution in [0, 0.1) is 6.92 Å². The van der Waals surface area contributed by atoms with E-state index in [0.29, 0.717) is 5.56 Å². The van der Waals surface area contributed by atoms with Crippen LogP contribution in [0.3, 0.4) is 0 Å². The normalized spacial score (nSPS) is 14.9. The van der Waals surface area contributed by atoms with Gasteiger partial charge in [0.05, 0.1) is 5.56 Å². The summed E-state index contributed by atoms with van der Waals surface area (Å²) >= 11 is 0. The Balaban J connectivity index is 2.32. The molecule has 1 aromatic heterocycles. The monoisotopic (exact) mass is 229 g/mol. The Morgan fingerprint density at radius 1 is 1.29 bits per heavy atom. The predicted octanol–water partition coefficient (Wildman–Crippen LogP) is 3.05. The molecule has 0 amide bonds. The minimum atomic E-state index is -0.847. The maximum atomic E-state index is 11.1. The van der Waals surface area contributed by atoms with Gasteiger partial charge in [0.15, 0.2) is 0 Å². The van der Waals surface area contributed by atoms with Crippen LogP contribution in [-0.4, -0.2) is 16.1 Å². The van der Waals surface area contributed by atoms with Crippen molar-refractivity contribution in [3.8, 4) is 0 Å². The summed E-state index contributed by atoms with van der Waals surface area (Å²) in [6.45, 7) is 1.97. The van der Waals surface area contributed by atoms with E-state index < -0.39 is 5.97 Å². The number of carboxylic acid groups (broad SMARTS) is 1. The highest BCUT2D eigenvalue weighted by atomic mass is 16.4. The van der Waals surface area contributed by atoms with Crippen LogP contribution in [0.1, 0.15) is 40.0 Å². The summed E-state index contributed by atoms with van der Waals surface area (Å²) in [5.41, 5.74) is 5.16. The first kappa shape index (κ1) is 10.4. The third-order valence-corrected chi connectivity index (χ3v) is 3.65. The third-order valence-electron chi connectivity index (χ3n) is 3.65. The van der Waals surface area contributed by atoms with Gasteiger partial charge < -0.3 is 10.1 Å². The van der Waals surface area contributed by atoms with Crippen molar-refractivity contribution < 1.29 is 9.90 Å². The minimum Gasteiger partial charge on any atom is -0.478 e. The van der Waals surface area contributed by atoms with Crippen LogP contribution < -0.4 is 0 Å². The van der Waals surface area contributed by atoms with E-state index in [1.54, 1.807) is 6.07 Å². The number of hydrogen-bond donors (Lipinski definition) is 2. The molecule has 0 fully saturated rings. The van der Waals surface area contributed by atoms with Crippen LogP contribution in [0.25, 0.3) is 10.9 Å². The standard InChI is InChI=1S/C14H15NO2/c1-8-6-9(14(16)17)7-11-10-4-2-3-5-12(10)15-13(8)11/h6-7,15H,2-5H2,1H3,(H,16,17). The highest BCUT2D eigenvalue weighted by Crippen LogP contribution is 2.31. The van der Waals surface area contributed by atoms with Crippen molar-refractivity contribution in [2.45, 2.75) is 32.6 Å². The van der Waals surface area contributed by atoms with Crippen molar-refractivity contribution in [1.82, 2.24) is 4.98 Å². The molecular weight excluding hydrogens is 214 g/mol. The number of aromatic carboxylic acids is 1. The van der Waals surface area contributed by atoms with Crippen LogP contribution in [-0.2, 0) is 12.8 Å². The number of fused-ring (bicyclic) bond motifs is 3. The van der Waals surface area contributed by atoms with E-state index in [-0.39, 0.29) is 0 Å². The lowest BCUT2D eigenvalue weighted by atomic mass is 9.94. The largest absolute Gasteiger partial charge is 0.478 e. The maximum Gasteiger partial charge on any atom is 0.335 e. The zero-order chi connectivity index (χ0) is 12.0. The Labute approximate surface area is 99.5 Å². The maximum absolute atomic E-state index is 11.1. The van der Waals surface area contributed by atoms with Crippen LogP contribution in [0.2, 0.25) is 0 Å². The van der Waals surface area contributed by atoms with Gasteiger partial charge in [0, 0.05) is 16.6 Å². The lowest BCUT2D eigenvalue weighted by Crippen LogP contribution is -2.00. The molecule has 1 heterocycles. The van der Waals surface area contributed by atoms with Crippen molar-refractivity contribution in [3.63, 3.8) is 0 Å². The Morgan fingerprint density at radius 2 is 2.06 bits per heavy atom. The van der Waals surface area contributed by atoms with E-state index in [1.807, 2.05) is 13.0 Å². The number of rotatable bonds is 1. The molecule has 2 N–H and O–H groups in total. The minimum absolute atomic E-state index is 0.391. The Bertz CT molecular complexity index is 610. The number of carbonyl (C=O) groups is 1. The zero-order valence-corrected chi connectivity index (χ0v) is 9.84. The van der Waals surface area contributed by atoms with E-state index in [0.717, 1.165) is 29.3 Å². The van der Waals surface area contributed by atoms with Gasteiger partial charge in [0.25, 0.3) is 0 Å². The second kappa shape index (κ2) is 3.62. The number of H-pyrrole nitrogens is 1. The SMILES string of the molecule is Cc1cc(C(=O)O)cc2c3c([nH]c12)CCCC3. The molecule has 1 aromatic carbocycles. The molecule has 1 aliphatic carbocycles. The van der Waals surface area contributed by atoms with Gasteiger partial charge in [0.2, 0.25) is 0 Å². The van der Waals surface area contributed by atoms with E-state index in [2.05, 4.69) is 4.98 Å². The molecule has 0 bridgehead atoms. The summed E-state index contributed by atoms with van der Waals surface area (Å²) in [6, 6.07) is 3.55. The first-order valence-corrected chi connectivity index (χ1v) is 6.04. The topological polar surface area (TPSA) is 53.1 Å². The molecule has 1 aliphatic rings.